The molecule has 3 heterocycles. The van der Waals surface area contributed by atoms with E-state index in [1.165, 1.54) is 16.6 Å². The van der Waals surface area contributed by atoms with Gasteiger partial charge in [0.25, 0.3) is 0 Å². The number of carbonyl (C=O) groups excluding carboxylic acids is 1. The van der Waals surface area contributed by atoms with Crippen molar-refractivity contribution in [2.45, 2.75) is 12.6 Å². The molecule has 0 aliphatic heterocycles. The van der Waals surface area contributed by atoms with Crippen molar-refractivity contribution in [3.05, 3.63) is 102 Å². The van der Waals surface area contributed by atoms with E-state index in [2.05, 4.69) is 20.4 Å². The molecular formula is C26H18F3N5O. The number of pyridine rings is 2. The maximum atomic E-state index is 13.1. The lowest BCUT2D eigenvalue weighted by Gasteiger charge is -2.11. The molecule has 6 nitrogen and oxygen atoms in total. The molecule has 35 heavy (non-hydrogen) atoms. The highest BCUT2D eigenvalue weighted by molar-refractivity contribution is 5.92. The number of hydrogen-bond donors (Lipinski definition) is 1. The number of aromatic nitrogens is 4. The molecular weight excluding hydrogens is 455 g/mol. The quantitative estimate of drug-likeness (QED) is 0.358. The zero-order valence-corrected chi connectivity index (χ0v) is 18.2. The number of hydrogen-bond acceptors (Lipinski definition) is 4. The predicted octanol–water partition coefficient (Wildman–Crippen LogP) is 5.66. The Bertz CT molecular complexity index is 1500. The number of rotatable bonds is 5. The minimum Gasteiger partial charge on any atom is -0.310 e. The van der Waals surface area contributed by atoms with Gasteiger partial charge in [-0.2, -0.15) is 17.7 Å². The minimum atomic E-state index is -4.48. The molecule has 174 valence electrons. The second-order valence-electron chi connectivity index (χ2n) is 7.86. The largest absolute Gasteiger partial charge is 0.416 e. The van der Waals surface area contributed by atoms with E-state index < -0.39 is 17.6 Å². The second kappa shape index (κ2) is 9.02. The Morgan fingerprint density at radius 1 is 0.857 bits per heavy atom. The summed E-state index contributed by atoms with van der Waals surface area (Å²) in [6, 6.07) is 21.4. The molecule has 0 aliphatic rings. The van der Waals surface area contributed by atoms with E-state index in [0.29, 0.717) is 17.3 Å². The van der Waals surface area contributed by atoms with Crippen molar-refractivity contribution in [2.24, 2.45) is 0 Å². The normalized spacial score (nSPS) is 11.5. The summed E-state index contributed by atoms with van der Waals surface area (Å²) in [5.74, 6) is 0.348. The first kappa shape index (κ1) is 22.3. The van der Waals surface area contributed by atoms with Crippen molar-refractivity contribution in [3.63, 3.8) is 0 Å². The number of nitrogens with one attached hydrogen (secondary N) is 1. The van der Waals surface area contributed by atoms with Crippen molar-refractivity contribution in [1.29, 1.82) is 0 Å². The van der Waals surface area contributed by atoms with Crippen LogP contribution in [0.3, 0.4) is 0 Å². The fourth-order valence-corrected chi connectivity index (χ4v) is 3.72. The van der Waals surface area contributed by atoms with Crippen molar-refractivity contribution >= 4 is 17.4 Å². The molecule has 0 fully saturated rings. The number of nitrogens with zero attached hydrogens (tertiary/aromatic N) is 4. The van der Waals surface area contributed by atoms with E-state index in [1.54, 1.807) is 18.5 Å². The van der Waals surface area contributed by atoms with E-state index in [4.69, 9.17) is 0 Å². The number of benzene rings is 2. The first-order chi connectivity index (χ1) is 16.9. The smallest absolute Gasteiger partial charge is 0.310 e. The molecule has 1 N–H and O–H groups in total. The zero-order chi connectivity index (χ0) is 24.4. The lowest BCUT2D eigenvalue weighted by molar-refractivity contribution is -0.137. The Morgan fingerprint density at radius 2 is 1.63 bits per heavy atom. The fraction of sp³-hybridized carbons (Fsp3) is 0.0769. The van der Waals surface area contributed by atoms with Crippen LogP contribution in [0.1, 0.15) is 11.1 Å². The summed E-state index contributed by atoms with van der Waals surface area (Å²) in [4.78, 5) is 21.5. The van der Waals surface area contributed by atoms with Gasteiger partial charge in [0.05, 0.1) is 12.0 Å². The Kier molecular flexibility index (Phi) is 5.74. The van der Waals surface area contributed by atoms with Gasteiger partial charge in [0, 0.05) is 18.0 Å². The molecule has 5 aromatic rings. The van der Waals surface area contributed by atoms with Gasteiger partial charge in [-0.25, -0.2) is 4.98 Å². The third-order valence-electron chi connectivity index (χ3n) is 5.37. The highest BCUT2D eigenvalue weighted by atomic mass is 19.4. The number of alkyl halides is 3. The highest BCUT2D eigenvalue weighted by Gasteiger charge is 2.30. The van der Waals surface area contributed by atoms with Gasteiger partial charge in [0.15, 0.2) is 11.5 Å². The van der Waals surface area contributed by atoms with Crippen LogP contribution in [0, 0.1) is 0 Å². The second-order valence-corrected chi connectivity index (χ2v) is 7.86. The maximum absolute atomic E-state index is 13.1. The molecule has 0 unspecified atom stereocenters. The van der Waals surface area contributed by atoms with Gasteiger partial charge in [-0.3, -0.25) is 9.78 Å². The lowest BCUT2D eigenvalue weighted by Crippen LogP contribution is -2.17. The van der Waals surface area contributed by atoms with Crippen LogP contribution in [0.25, 0.3) is 28.2 Å². The molecule has 0 radical (unpaired) electrons. The van der Waals surface area contributed by atoms with Gasteiger partial charge in [-0.05, 0) is 47.0 Å². The molecule has 9 heteroatoms. The average molecular weight is 473 g/mol. The van der Waals surface area contributed by atoms with Crippen LogP contribution in [-0.2, 0) is 17.4 Å². The summed E-state index contributed by atoms with van der Waals surface area (Å²) in [6.07, 6.45) is -1.40. The van der Waals surface area contributed by atoms with Crippen molar-refractivity contribution in [2.75, 3.05) is 5.32 Å². The minimum absolute atomic E-state index is 0.231. The van der Waals surface area contributed by atoms with Crippen LogP contribution >= 0.6 is 0 Å². The first-order valence-electron chi connectivity index (χ1n) is 10.7. The standard InChI is InChI=1S/C26H18F3N5O/c27-26(28,29)21-8-4-5-17(13-21)14-24(35)31-22-15-20(18-9-11-30-12-10-18)16-23-32-25(33-34(22)23)19-6-2-1-3-7-19/h1-13,15-16H,14H2,(H,31,35). The SMILES string of the molecule is O=C(Cc1cccc(C(F)(F)F)c1)Nc1cc(-c2ccncc2)cc2nc(-c3ccccc3)nn12. The monoisotopic (exact) mass is 473 g/mol. The Hall–Kier alpha value is -4.53. The molecule has 0 spiro atoms. The van der Waals surface area contributed by atoms with Crippen LogP contribution < -0.4 is 5.32 Å². The topological polar surface area (TPSA) is 72.2 Å². The number of carbonyl (C=O) groups is 1. The van der Waals surface area contributed by atoms with E-state index in [0.717, 1.165) is 28.8 Å². The van der Waals surface area contributed by atoms with Gasteiger partial charge in [-0.1, -0.05) is 48.5 Å². The van der Waals surface area contributed by atoms with E-state index >= 15 is 0 Å². The third kappa shape index (κ3) is 4.89. The molecule has 5 rings (SSSR count). The Morgan fingerprint density at radius 3 is 2.37 bits per heavy atom. The molecule has 2 aromatic carbocycles. The molecule has 1 amide bonds. The van der Waals surface area contributed by atoms with Crippen LogP contribution in [0.5, 0.6) is 0 Å². The van der Waals surface area contributed by atoms with Crippen molar-refractivity contribution in [1.82, 2.24) is 19.6 Å². The molecule has 0 bridgehead atoms. The van der Waals surface area contributed by atoms with Crippen LogP contribution in [0.4, 0.5) is 19.0 Å². The number of halogens is 3. The number of fused-ring (bicyclic) bond motifs is 1. The summed E-state index contributed by atoms with van der Waals surface area (Å²) in [5.41, 5.74) is 2.41. The third-order valence-corrected chi connectivity index (χ3v) is 5.37. The highest BCUT2D eigenvalue weighted by Crippen LogP contribution is 2.30. The van der Waals surface area contributed by atoms with Gasteiger partial charge in [0.2, 0.25) is 5.91 Å². The lowest BCUT2D eigenvalue weighted by atomic mass is 10.1. The summed E-state index contributed by atoms with van der Waals surface area (Å²) in [5, 5.41) is 7.35. The van der Waals surface area contributed by atoms with Crippen LogP contribution in [0.15, 0.2) is 91.3 Å². The summed E-state index contributed by atoms with van der Waals surface area (Å²) in [7, 11) is 0. The summed E-state index contributed by atoms with van der Waals surface area (Å²) in [6.45, 7) is 0. The van der Waals surface area contributed by atoms with Crippen LogP contribution in [0.2, 0.25) is 0 Å². The fourth-order valence-electron chi connectivity index (χ4n) is 3.72. The molecule has 0 saturated carbocycles. The number of amides is 1. The summed E-state index contributed by atoms with van der Waals surface area (Å²) >= 11 is 0. The Labute approximate surface area is 198 Å². The van der Waals surface area contributed by atoms with Gasteiger partial charge >= 0.3 is 6.18 Å². The molecule has 0 atom stereocenters. The molecule has 0 aliphatic carbocycles. The Balaban J connectivity index is 1.51. The van der Waals surface area contributed by atoms with E-state index in [-0.39, 0.29) is 12.0 Å². The first-order valence-corrected chi connectivity index (χ1v) is 10.7. The van der Waals surface area contributed by atoms with Crippen molar-refractivity contribution < 1.29 is 18.0 Å². The number of anilines is 1. The maximum Gasteiger partial charge on any atom is 0.416 e. The van der Waals surface area contributed by atoms with Gasteiger partial charge < -0.3 is 5.32 Å². The van der Waals surface area contributed by atoms with Crippen LogP contribution in [-0.4, -0.2) is 25.5 Å². The van der Waals surface area contributed by atoms with E-state index in [9.17, 15) is 18.0 Å². The molecule has 3 aromatic heterocycles. The summed E-state index contributed by atoms with van der Waals surface area (Å²) < 4.78 is 40.7. The van der Waals surface area contributed by atoms with Gasteiger partial charge in [0.1, 0.15) is 5.82 Å². The van der Waals surface area contributed by atoms with Crippen molar-refractivity contribution in [3.8, 4) is 22.5 Å². The average Bonchev–Trinajstić information content (AvgIpc) is 3.29. The predicted molar refractivity (Wildman–Crippen MR) is 125 cm³/mol. The molecule has 0 saturated heterocycles. The van der Waals surface area contributed by atoms with Gasteiger partial charge in [-0.15, -0.1) is 5.10 Å². The van der Waals surface area contributed by atoms with E-state index in [1.807, 2.05) is 48.5 Å². The zero-order valence-electron chi connectivity index (χ0n) is 18.2.